The number of hydrogen-bond donors (Lipinski definition) is 2. The molecule has 86 valence electrons. The molecule has 0 spiro atoms. The lowest BCUT2D eigenvalue weighted by molar-refractivity contribution is -0.423. The number of nitro groups is 2. The number of benzene rings is 1. The molecule has 0 bridgehead atoms. The van der Waals surface area contributed by atoms with E-state index in [0.717, 1.165) is 0 Å². The Morgan fingerprint density at radius 3 is 1.44 bits per heavy atom. The van der Waals surface area contributed by atoms with Gasteiger partial charge in [-0.2, -0.15) is 0 Å². The zero-order valence-corrected chi connectivity index (χ0v) is 7.99. The molecule has 0 saturated heterocycles. The zero-order valence-electron chi connectivity index (χ0n) is 7.99. The lowest BCUT2D eigenvalue weighted by Crippen LogP contribution is -2.04. The third-order valence-electron chi connectivity index (χ3n) is 2.02. The minimum atomic E-state index is -0.942. The number of hydrogen-bond acceptors (Lipinski definition) is 6. The molecule has 8 nitrogen and oxygen atoms in total. The number of nitro benzene ring substituents is 2. The second-order valence-electron chi connectivity index (χ2n) is 2.91. The van der Waals surface area contributed by atoms with Crippen LogP contribution in [0.25, 0.3) is 0 Å². The number of nitrogens with zero attached hydrogens (tertiary/aromatic N) is 2. The van der Waals surface area contributed by atoms with Crippen molar-refractivity contribution in [3.63, 3.8) is 0 Å². The van der Waals surface area contributed by atoms with Gasteiger partial charge in [-0.25, -0.2) is 0 Å². The van der Waals surface area contributed by atoms with E-state index in [9.17, 15) is 20.2 Å². The lowest BCUT2D eigenvalue weighted by atomic mass is 10.1. The first-order valence-electron chi connectivity index (χ1n) is 4.18. The van der Waals surface area contributed by atoms with E-state index in [1.807, 2.05) is 0 Å². The molecule has 16 heavy (non-hydrogen) atoms. The summed E-state index contributed by atoms with van der Waals surface area (Å²) >= 11 is 0. The summed E-state index contributed by atoms with van der Waals surface area (Å²) in [6, 6.07) is 2.35. The highest BCUT2D eigenvalue weighted by atomic mass is 16.6. The number of rotatable bonds is 4. The molecule has 0 aliphatic rings. The van der Waals surface area contributed by atoms with Crippen LogP contribution < -0.4 is 0 Å². The molecule has 0 aliphatic carbocycles. The van der Waals surface area contributed by atoms with Gasteiger partial charge in [0, 0.05) is 0 Å². The minimum absolute atomic E-state index is 0.158. The van der Waals surface area contributed by atoms with Crippen LogP contribution in [0.5, 0.6) is 0 Å². The van der Waals surface area contributed by atoms with Gasteiger partial charge in [0.2, 0.25) is 0 Å². The molecular formula is C8H8N2O6. The Kier molecular flexibility index (Phi) is 3.48. The Morgan fingerprint density at radius 1 is 0.938 bits per heavy atom. The highest BCUT2D eigenvalue weighted by Gasteiger charge is 2.31. The summed E-state index contributed by atoms with van der Waals surface area (Å²) < 4.78 is 0. The molecule has 0 heterocycles. The van der Waals surface area contributed by atoms with Crippen LogP contribution in [0.2, 0.25) is 0 Å². The van der Waals surface area contributed by atoms with Crippen molar-refractivity contribution in [3.05, 3.63) is 43.5 Å². The normalized spacial score (nSPS) is 10.1. The van der Waals surface area contributed by atoms with Gasteiger partial charge in [0.05, 0.1) is 34.2 Å². The third kappa shape index (κ3) is 1.97. The largest absolute Gasteiger partial charge is 0.391 e. The molecule has 1 aromatic rings. The Balaban J connectivity index is 3.60. The van der Waals surface area contributed by atoms with Crippen molar-refractivity contribution in [1.82, 2.24) is 0 Å². The highest BCUT2D eigenvalue weighted by molar-refractivity contribution is 5.62. The van der Waals surface area contributed by atoms with Crippen LogP contribution in [-0.4, -0.2) is 20.1 Å². The van der Waals surface area contributed by atoms with Gasteiger partial charge in [-0.05, 0) is 12.1 Å². The summed E-state index contributed by atoms with van der Waals surface area (Å²) in [5.41, 5.74) is -1.87. The fraction of sp³-hybridized carbons (Fsp3) is 0.250. The van der Waals surface area contributed by atoms with Gasteiger partial charge in [0.1, 0.15) is 0 Å². The average Bonchev–Trinajstić information content (AvgIpc) is 2.26. The van der Waals surface area contributed by atoms with E-state index in [2.05, 4.69) is 0 Å². The van der Waals surface area contributed by atoms with E-state index in [1.54, 1.807) is 0 Å². The summed E-state index contributed by atoms with van der Waals surface area (Å²) in [5.74, 6) is 0. The maximum atomic E-state index is 10.7. The Bertz CT molecular complexity index is 403. The number of aliphatic hydroxyl groups excluding tert-OH is 2. The van der Waals surface area contributed by atoms with Crippen molar-refractivity contribution in [2.24, 2.45) is 0 Å². The van der Waals surface area contributed by atoms with E-state index in [0.29, 0.717) is 0 Å². The molecule has 1 aromatic carbocycles. The fourth-order valence-corrected chi connectivity index (χ4v) is 1.33. The summed E-state index contributed by atoms with van der Waals surface area (Å²) in [7, 11) is 0. The van der Waals surface area contributed by atoms with Crippen LogP contribution >= 0.6 is 0 Å². The van der Waals surface area contributed by atoms with Gasteiger partial charge in [-0.1, -0.05) is 0 Å². The van der Waals surface area contributed by atoms with Crippen LogP contribution in [0.4, 0.5) is 11.4 Å². The topological polar surface area (TPSA) is 127 Å². The maximum Gasteiger partial charge on any atom is 0.351 e. The molecule has 0 saturated carbocycles. The molecule has 2 N–H and O–H groups in total. The molecule has 0 fully saturated rings. The average molecular weight is 228 g/mol. The molecule has 0 aromatic heterocycles. The molecule has 0 amide bonds. The standard InChI is InChI=1S/C8H8N2O6/c11-3-5-1-2-6(4-12)8(10(15)16)7(5)9(13)14/h1-2,11-12H,3-4H2. The van der Waals surface area contributed by atoms with E-state index in [-0.39, 0.29) is 11.1 Å². The van der Waals surface area contributed by atoms with Crippen molar-refractivity contribution in [2.45, 2.75) is 13.2 Å². The molecular weight excluding hydrogens is 220 g/mol. The number of aliphatic hydroxyl groups is 2. The van der Waals surface area contributed by atoms with Gasteiger partial charge in [-0.3, -0.25) is 20.2 Å². The molecule has 1 rings (SSSR count). The molecule has 0 unspecified atom stereocenters. The van der Waals surface area contributed by atoms with Crippen molar-refractivity contribution in [3.8, 4) is 0 Å². The summed E-state index contributed by atoms with van der Waals surface area (Å²) in [6.07, 6.45) is 0. The van der Waals surface area contributed by atoms with Crippen molar-refractivity contribution < 1.29 is 20.1 Å². The van der Waals surface area contributed by atoms with Crippen LogP contribution in [0.3, 0.4) is 0 Å². The van der Waals surface area contributed by atoms with Crippen molar-refractivity contribution in [2.75, 3.05) is 0 Å². The van der Waals surface area contributed by atoms with Gasteiger partial charge in [0.25, 0.3) is 0 Å². The predicted molar refractivity (Wildman–Crippen MR) is 51.6 cm³/mol. The summed E-state index contributed by atoms with van der Waals surface area (Å²) in [4.78, 5) is 19.5. The first kappa shape index (κ1) is 12.0. The lowest BCUT2D eigenvalue weighted by Gasteiger charge is -2.03. The molecule has 0 radical (unpaired) electrons. The van der Waals surface area contributed by atoms with E-state index >= 15 is 0 Å². The Labute approximate surface area is 89.1 Å². The van der Waals surface area contributed by atoms with Gasteiger partial charge < -0.3 is 10.2 Å². The second-order valence-corrected chi connectivity index (χ2v) is 2.91. The second kappa shape index (κ2) is 4.64. The Hall–Kier alpha value is -2.06. The van der Waals surface area contributed by atoms with Crippen LogP contribution in [0.15, 0.2) is 12.1 Å². The van der Waals surface area contributed by atoms with E-state index < -0.39 is 34.4 Å². The predicted octanol–water partition coefficient (Wildman–Crippen LogP) is 0.488. The van der Waals surface area contributed by atoms with Gasteiger partial charge in [-0.15, -0.1) is 0 Å². The highest BCUT2D eigenvalue weighted by Crippen LogP contribution is 2.34. The third-order valence-corrected chi connectivity index (χ3v) is 2.02. The van der Waals surface area contributed by atoms with Gasteiger partial charge >= 0.3 is 11.4 Å². The van der Waals surface area contributed by atoms with Crippen LogP contribution in [0.1, 0.15) is 11.1 Å². The summed E-state index contributed by atoms with van der Waals surface area (Å²) in [5, 5.41) is 39.1. The monoisotopic (exact) mass is 228 g/mol. The van der Waals surface area contributed by atoms with E-state index in [4.69, 9.17) is 10.2 Å². The van der Waals surface area contributed by atoms with E-state index in [1.165, 1.54) is 12.1 Å². The smallest absolute Gasteiger partial charge is 0.351 e. The molecule has 8 heteroatoms. The maximum absolute atomic E-state index is 10.7. The quantitative estimate of drug-likeness (QED) is 0.570. The molecule has 0 aliphatic heterocycles. The minimum Gasteiger partial charge on any atom is -0.391 e. The first-order valence-corrected chi connectivity index (χ1v) is 4.18. The van der Waals surface area contributed by atoms with Crippen molar-refractivity contribution in [1.29, 1.82) is 0 Å². The van der Waals surface area contributed by atoms with Crippen molar-refractivity contribution >= 4 is 11.4 Å². The van der Waals surface area contributed by atoms with Crippen LogP contribution in [0, 0.1) is 20.2 Å². The first-order chi connectivity index (χ1) is 7.52. The van der Waals surface area contributed by atoms with Gasteiger partial charge in [0.15, 0.2) is 0 Å². The van der Waals surface area contributed by atoms with Crippen LogP contribution in [-0.2, 0) is 13.2 Å². The SMILES string of the molecule is O=[N+]([O-])c1c(CO)ccc(CO)c1[N+](=O)[O-]. The molecule has 0 atom stereocenters. The fourth-order valence-electron chi connectivity index (χ4n) is 1.33. The Morgan fingerprint density at radius 2 is 1.25 bits per heavy atom. The zero-order chi connectivity index (χ0) is 12.3. The summed E-state index contributed by atoms with van der Waals surface area (Å²) in [6.45, 7) is -1.36.